The minimum absolute atomic E-state index is 0.0556. The van der Waals surface area contributed by atoms with E-state index in [0.29, 0.717) is 23.2 Å². The molecule has 1 aromatic heterocycles. The van der Waals surface area contributed by atoms with E-state index in [2.05, 4.69) is 20.3 Å². The van der Waals surface area contributed by atoms with E-state index in [4.69, 9.17) is 15.9 Å². The molecule has 1 unspecified atom stereocenters. The molecule has 1 atom stereocenters. The number of amidine groups is 1. The molecule has 2 aliphatic heterocycles. The van der Waals surface area contributed by atoms with Gasteiger partial charge in [0, 0.05) is 30.4 Å². The highest BCUT2D eigenvalue weighted by atomic mass is 19.4. The second-order valence-electron chi connectivity index (χ2n) is 8.80. The lowest BCUT2D eigenvalue weighted by atomic mass is 10.0. The SMILES string of the molecule is N=C(O/C(N)=N/C1N=C(c2ccccc2)c2ccccc2NC1=O)c1ncc(C(F)(F)F)cc1N1CC(O)C1. The Bertz CT molecular complexity index is 1490. The number of alkyl halides is 3. The molecule has 0 bridgehead atoms. The molecule has 0 spiro atoms. The average Bonchev–Trinajstić information content (AvgIpc) is 3.02. The number of rotatable bonds is 4. The zero-order valence-corrected chi connectivity index (χ0v) is 20.2. The number of nitrogens with one attached hydrogen (secondary N) is 2. The number of nitrogens with two attached hydrogens (primary N) is 1. The number of carbonyl (C=O) groups excluding carboxylic acids is 1. The van der Waals surface area contributed by atoms with Crippen molar-refractivity contribution >= 4 is 34.9 Å². The zero-order chi connectivity index (χ0) is 27.7. The number of anilines is 2. The Balaban J connectivity index is 1.44. The number of benzodiazepines with no additional fused rings is 1. The van der Waals surface area contributed by atoms with Crippen LogP contribution in [0.25, 0.3) is 0 Å². The Labute approximate surface area is 220 Å². The molecular formula is C26H22F3N7O3. The minimum Gasteiger partial charge on any atom is -0.405 e. The van der Waals surface area contributed by atoms with E-state index < -0.39 is 41.8 Å². The summed E-state index contributed by atoms with van der Waals surface area (Å²) < 4.78 is 45.1. The van der Waals surface area contributed by atoms with Gasteiger partial charge in [-0.25, -0.2) is 9.98 Å². The van der Waals surface area contributed by atoms with Crippen LogP contribution < -0.4 is 16.0 Å². The van der Waals surface area contributed by atoms with Crippen molar-refractivity contribution in [2.75, 3.05) is 23.3 Å². The van der Waals surface area contributed by atoms with Crippen molar-refractivity contribution in [1.29, 1.82) is 5.41 Å². The standard InChI is InChI=1S/C26H22F3N7O3/c27-26(28,29)15-10-19(36-12-16(37)13-36)21(32-11-15)22(30)39-25(31)35-23-24(38)33-18-9-5-4-8-17(18)20(34-23)14-6-2-1-3-7-14/h1-11,16,23,30,37H,12-13H2,(H2,31,35)(H,33,38). The fourth-order valence-corrected chi connectivity index (χ4v) is 4.14. The highest BCUT2D eigenvalue weighted by Gasteiger charge is 2.35. The fourth-order valence-electron chi connectivity index (χ4n) is 4.14. The first-order chi connectivity index (χ1) is 18.6. The number of halogens is 3. The van der Waals surface area contributed by atoms with E-state index in [1.807, 2.05) is 30.3 Å². The number of aliphatic hydroxyl groups excluding tert-OH is 1. The maximum Gasteiger partial charge on any atom is 0.417 e. The number of aliphatic hydroxyl groups is 1. The number of nitrogens with zero attached hydrogens (tertiary/aromatic N) is 4. The summed E-state index contributed by atoms with van der Waals surface area (Å²) in [5, 5.41) is 20.7. The molecule has 0 aliphatic carbocycles. The number of amides is 1. The number of para-hydroxylation sites is 1. The second kappa shape index (κ2) is 10.2. The predicted molar refractivity (Wildman–Crippen MR) is 138 cm³/mol. The molecule has 13 heteroatoms. The number of fused-ring (bicyclic) bond motifs is 1. The lowest BCUT2D eigenvalue weighted by Crippen LogP contribution is -2.51. The predicted octanol–water partition coefficient (Wildman–Crippen LogP) is 2.75. The molecule has 2 aromatic carbocycles. The number of pyridine rings is 1. The van der Waals surface area contributed by atoms with Crippen molar-refractivity contribution in [2.24, 2.45) is 15.7 Å². The van der Waals surface area contributed by atoms with Gasteiger partial charge in [0.05, 0.1) is 28.8 Å². The van der Waals surface area contributed by atoms with Crippen LogP contribution in [-0.4, -0.2) is 59.0 Å². The fraction of sp³-hybridized carbons (Fsp3) is 0.192. The van der Waals surface area contributed by atoms with Crippen LogP contribution in [0, 0.1) is 5.41 Å². The lowest BCUT2D eigenvalue weighted by molar-refractivity contribution is -0.137. The van der Waals surface area contributed by atoms with Crippen LogP contribution in [0.1, 0.15) is 22.4 Å². The molecule has 1 amide bonds. The highest BCUT2D eigenvalue weighted by Crippen LogP contribution is 2.34. The number of aromatic nitrogens is 1. The van der Waals surface area contributed by atoms with Crippen molar-refractivity contribution in [1.82, 2.24) is 4.98 Å². The van der Waals surface area contributed by atoms with E-state index in [-0.39, 0.29) is 24.5 Å². The molecule has 3 aromatic rings. The van der Waals surface area contributed by atoms with Crippen LogP contribution in [0.4, 0.5) is 24.5 Å². The van der Waals surface area contributed by atoms with Crippen molar-refractivity contribution in [3.63, 3.8) is 0 Å². The molecular weight excluding hydrogens is 515 g/mol. The summed E-state index contributed by atoms with van der Waals surface area (Å²) >= 11 is 0. The topological polar surface area (TPSA) is 149 Å². The smallest absolute Gasteiger partial charge is 0.405 e. The Hall–Kier alpha value is -4.78. The van der Waals surface area contributed by atoms with E-state index >= 15 is 0 Å². The Morgan fingerprint density at radius 3 is 2.54 bits per heavy atom. The molecule has 1 saturated heterocycles. The van der Waals surface area contributed by atoms with Gasteiger partial charge in [-0.15, -0.1) is 0 Å². The maximum absolute atomic E-state index is 13.3. The number of benzene rings is 2. The first kappa shape index (κ1) is 25.9. The normalized spacial score (nSPS) is 17.9. The number of hydrogen-bond acceptors (Lipinski definition) is 8. The third-order valence-electron chi connectivity index (χ3n) is 6.04. The molecule has 0 radical (unpaired) electrons. The molecule has 3 heterocycles. The number of ether oxygens (including phenoxy) is 1. The monoisotopic (exact) mass is 537 g/mol. The summed E-state index contributed by atoms with van der Waals surface area (Å²) in [4.78, 5) is 26.7. The van der Waals surface area contributed by atoms with Crippen LogP contribution >= 0.6 is 0 Å². The van der Waals surface area contributed by atoms with Crippen LogP contribution in [0.2, 0.25) is 0 Å². The van der Waals surface area contributed by atoms with Gasteiger partial charge in [0.25, 0.3) is 11.9 Å². The molecule has 39 heavy (non-hydrogen) atoms. The first-order valence-electron chi connectivity index (χ1n) is 11.7. The summed E-state index contributed by atoms with van der Waals surface area (Å²) in [6.07, 6.45) is -6.19. The molecule has 200 valence electrons. The molecule has 5 rings (SSSR count). The average molecular weight is 538 g/mol. The summed E-state index contributed by atoms with van der Waals surface area (Å²) in [5.74, 6) is -1.29. The van der Waals surface area contributed by atoms with Gasteiger partial charge in [-0.05, 0) is 12.1 Å². The van der Waals surface area contributed by atoms with Crippen LogP contribution in [0.3, 0.4) is 0 Å². The maximum atomic E-state index is 13.3. The van der Waals surface area contributed by atoms with Gasteiger partial charge in [0.15, 0.2) is 0 Å². The van der Waals surface area contributed by atoms with E-state index in [0.717, 1.165) is 11.6 Å². The van der Waals surface area contributed by atoms with Crippen molar-refractivity contribution in [3.8, 4) is 0 Å². The van der Waals surface area contributed by atoms with E-state index in [1.165, 1.54) is 4.90 Å². The summed E-state index contributed by atoms with van der Waals surface area (Å²) in [5.41, 5.74) is 6.99. The van der Waals surface area contributed by atoms with Gasteiger partial charge in [-0.2, -0.15) is 18.2 Å². The largest absolute Gasteiger partial charge is 0.417 e. The molecule has 0 saturated carbocycles. The zero-order valence-electron chi connectivity index (χ0n) is 20.2. The number of aliphatic imine (C=N–C) groups is 2. The number of hydrogen-bond donors (Lipinski definition) is 4. The quantitative estimate of drug-likeness (QED) is 0.297. The van der Waals surface area contributed by atoms with Gasteiger partial charge in [0.1, 0.15) is 5.69 Å². The van der Waals surface area contributed by atoms with Crippen molar-refractivity contribution in [2.45, 2.75) is 18.4 Å². The van der Waals surface area contributed by atoms with E-state index in [9.17, 15) is 23.1 Å². The van der Waals surface area contributed by atoms with E-state index in [1.54, 1.807) is 24.3 Å². The molecule has 10 nitrogen and oxygen atoms in total. The second-order valence-corrected chi connectivity index (χ2v) is 8.80. The van der Waals surface area contributed by atoms with Crippen LogP contribution in [0.15, 0.2) is 76.8 Å². The Kier molecular flexibility index (Phi) is 6.74. The molecule has 5 N–H and O–H groups in total. The molecule has 2 aliphatic rings. The Morgan fingerprint density at radius 2 is 1.85 bits per heavy atom. The summed E-state index contributed by atoms with van der Waals surface area (Å²) in [7, 11) is 0. The number of carbonyl (C=O) groups is 1. The van der Waals surface area contributed by atoms with Gasteiger partial charge in [-0.1, -0.05) is 48.5 Å². The van der Waals surface area contributed by atoms with Gasteiger partial charge < -0.3 is 25.8 Å². The third-order valence-corrected chi connectivity index (χ3v) is 6.04. The lowest BCUT2D eigenvalue weighted by Gasteiger charge is -2.38. The van der Waals surface area contributed by atoms with Crippen molar-refractivity contribution < 1.29 is 27.8 Å². The Morgan fingerprint density at radius 1 is 1.15 bits per heavy atom. The third kappa shape index (κ3) is 5.43. The van der Waals surface area contributed by atoms with Crippen LogP contribution in [0.5, 0.6) is 0 Å². The molecule has 1 fully saturated rings. The number of β-amino-alcohol motifs (C(OH)–C–C–N with tert-alkyl or cyclic N) is 1. The van der Waals surface area contributed by atoms with Gasteiger partial charge in [-0.3, -0.25) is 10.2 Å². The van der Waals surface area contributed by atoms with Gasteiger partial charge >= 0.3 is 6.18 Å². The summed E-state index contributed by atoms with van der Waals surface area (Å²) in [6.45, 7) is 0.124. The van der Waals surface area contributed by atoms with Crippen LogP contribution in [-0.2, 0) is 15.7 Å². The van der Waals surface area contributed by atoms with Gasteiger partial charge in [0.2, 0.25) is 12.1 Å². The van der Waals surface area contributed by atoms with Crippen molar-refractivity contribution in [3.05, 3.63) is 89.2 Å². The highest BCUT2D eigenvalue weighted by molar-refractivity contribution is 6.19. The minimum atomic E-state index is -4.66. The first-order valence-corrected chi connectivity index (χ1v) is 11.7. The summed E-state index contributed by atoms with van der Waals surface area (Å²) in [6, 6.07) is 16.4.